The molecule has 0 unspecified atom stereocenters. The quantitative estimate of drug-likeness (QED) is 0.765. The van der Waals surface area contributed by atoms with Crippen LogP contribution >= 0.6 is 12.2 Å². The van der Waals surface area contributed by atoms with Crippen LogP contribution in [0.5, 0.6) is 0 Å². The van der Waals surface area contributed by atoms with Gasteiger partial charge in [-0.3, -0.25) is 9.59 Å². The normalized spacial score (nSPS) is 18.1. The van der Waals surface area contributed by atoms with Gasteiger partial charge in [0.05, 0.1) is 0 Å². The van der Waals surface area contributed by atoms with Crippen molar-refractivity contribution in [1.29, 1.82) is 0 Å². The predicted molar refractivity (Wildman–Crippen MR) is 87.0 cm³/mol. The van der Waals surface area contributed by atoms with Crippen LogP contribution in [0.4, 0.5) is 0 Å². The summed E-state index contributed by atoms with van der Waals surface area (Å²) in [4.78, 5) is 26.2. The molecule has 0 spiro atoms. The van der Waals surface area contributed by atoms with Crippen molar-refractivity contribution in [2.45, 2.75) is 33.1 Å². The molecule has 1 aromatic carbocycles. The lowest BCUT2D eigenvalue weighted by molar-refractivity contribution is 0.0980. The van der Waals surface area contributed by atoms with E-state index < -0.39 is 0 Å². The monoisotopic (exact) mass is 296 g/mol. The fourth-order valence-electron chi connectivity index (χ4n) is 3.26. The van der Waals surface area contributed by atoms with Gasteiger partial charge in [-0.2, -0.15) is 0 Å². The zero-order chi connectivity index (χ0) is 15.1. The lowest BCUT2D eigenvalue weighted by atomic mass is 9.73. The first-order valence-corrected chi connectivity index (χ1v) is 7.68. The minimum Gasteiger partial charge on any atom is -0.289 e. The SMILES string of the molecule is CCC1=C(CC)C2=C(C(=O)c3ccccc3C2=O)C(=S)C1. The van der Waals surface area contributed by atoms with Crippen molar-refractivity contribution in [3.05, 3.63) is 57.7 Å². The van der Waals surface area contributed by atoms with Crippen LogP contribution in [-0.4, -0.2) is 16.4 Å². The first kappa shape index (κ1) is 14.1. The Morgan fingerprint density at radius 2 is 1.52 bits per heavy atom. The van der Waals surface area contributed by atoms with Gasteiger partial charge in [-0.05, 0) is 18.4 Å². The number of thiocarbonyl (C=S) groups is 1. The maximum atomic E-state index is 12.9. The van der Waals surface area contributed by atoms with Crippen LogP contribution in [0, 0.1) is 0 Å². The average molecular weight is 296 g/mol. The Morgan fingerprint density at radius 3 is 2.05 bits per heavy atom. The van der Waals surface area contributed by atoms with Gasteiger partial charge in [0.2, 0.25) is 0 Å². The second kappa shape index (κ2) is 5.15. The number of fused-ring (bicyclic) bond motifs is 1. The van der Waals surface area contributed by atoms with Crippen molar-refractivity contribution in [3.8, 4) is 0 Å². The predicted octanol–water partition coefficient (Wildman–Crippen LogP) is 4.25. The molecule has 0 atom stereocenters. The maximum Gasteiger partial charge on any atom is 0.195 e. The first-order valence-electron chi connectivity index (χ1n) is 7.27. The highest BCUT2D eigenvalue weighted by Crippen LogP contribution is 2.39. The Morgan fingerprint density at radius 1 is 0.952 bits per heavy atom. The van der Waals surface area contributed by atoms with E-state index in [-0.39, 0.29) is 11.6 Å². The van der Waals surface area contributed by atoms with E-state index >= 15 is 0 Å². The number of Topliss-reactive ketones (excluding diaryl/α,β-unsaturated/α-hetero) is 2. The topological polar surface area (TPSA) is 34.1 Å². The lowest BCUT2D eigenvalue weighted by Crippen LogP contribution is -2.30. The third kappa shape index (κ3) is 1.95. The molecule has 0 saturated heterocycles. The van der Waals surface area contributed by atoms with Crippen LogP contribution in [0.3, 0.4) is 0 Å². The van der Waals surface area contributed by atoms with Crippen molar-refractivity contribution in [1.82, 2.24) is 0 Å². The van der Waals surface area contributed by atoms with E-state index in [2.05, 4.69) is 6.92 Å². The summed E-state index contributed by atoms with van der Waals surface area (Å²) in [5.74, 6) is -0.142. The Hall–Kier alpha value is -1.87. The van der Waals surface area contributed by atoms with Crippen LogP contribution in [0.1, 0.15) is 53.8 Å². The van der Waals surface area contributed by atoms with Crippen molar-refractivity contribution in [3.63, 3.8) is 0 Å². The standard InChI is InChI=1S/C18H16O2S/c1-3-10-9-14(21)16-15(11(10)4-2)17(19)12-7-5-6-8-13(12)18(16)20/h5-8H,3-4,9H2,1-2H3. The summed E-state index contributed by atoms with van der Waals surface area (Å²) in [6.45, 7) is 4.10. The third-order valence-corrected chi connectivity index (χ3v) is 4.63. The zero-order valence-electron chi connectivity index (χ0n) is 12.2. The molecule has 0 N–H and O–H groups in total. The Kier molecular flexibility index (Phi) is 3.46. The van der Waals surface area contributed by atoms with Crippen LogP contribution in [0.15, 0.2) is 46.6 Å². The third-order valence-electron chi connectivity index (χ3n) is 4.28. The largest absolute Gasteiger partial charge is 0.289 e. The van der Waals surface area contributed by atoms with E-state index in [0.717, 1.165) is 18.4 Å². The summed E-state index contributed by atoms with van der Waals surface area (Å²) in [6.07, 6.45) is 2.25. The van der Waals surface area contributed by atoms with Crippen LogP contribution in [0.25, 0.3) is 0 Å². The molecule has 2 nitrogen and oxygen atoms in total. The molecule has 0 saturated carbocycles. The summed E-state index contributed by atoms with van der Waals surface area (Å²) < 4.78 is 0. The molecule has 0 aliphatic heterocycles. The highest BCUT2D eigenvalue weighted by Gasteiger charge is 2.37. The molecule has 2 aliphatic carbocycles. The minimum absolute atomic E-state index is 0.0509. The number of carbonyl (C=O) groups excluding carboxylic acids is 2. The smallest absolute Gasteiger partial charge is 0.195 e. The van der Waals surface area contributed by atoms with Gasteiger partial charge in [-0.1, -0.05) is 55.9 Å². The summed E-state index contributed by atoms with van der Waals surface area (Å²) >= 11 is 5.44. The van der Waals surface area contributed by atoms with Crippen molar-refractivity contribution >= 4 is 28.6 Å². The fraction of sp³-hybridized carbons (Fsp3) is 0.278. The van der Waals surface area contributed by atoms with Gasteiger partial charge in [0.1, 0.15) is 0 Å². The molecule has 0 bridgehead atoms. The average Bonchev–Trinajstić information content (AvgIpc) is 2.51. The summed E-state index contributed by atoms with van der Waals surface area (Å²) in [6, 6.07) is 7.03. The second-order valence-corrected chi connectivity index (χ2v) is 5.84. The molecule has 0 amide bonds. The molecular weight excluding hydrogens is 280 g/mol. The number of hydrogen-bond acceptors (Lipinski definition) is 3. The molecule has 3 heteroatoms. The molecular formula is C18H16O2S. The molecule has 0 aromatic heterocycles. The van der Waals surface area contributed by atoms with E-state index in [1.807, 2.05) is 6.92 Å². The molecule has 0 radical (unpaired) electrons. The fourth-order valence-corrected chi connectivity index (χ4v) is 3.63. The van der Waals surface area contributed by atoms with E-state index in [9.17, 15) is 9.59 Å². The molecule has 106 valence electrons. The summed E-state index contributed by atoms with van der Waals surface area (Å²) in [7, 11) is 0. The van der Waals surface area contributed by atoms with Crippen LogP contribution in [0.2, 0.25) is 0 Å². The number of hydrogen-bond donors (Lipinski definition) is 0. The summed E-state index contributed by atoms with van der Waals surface area (Å²) in [5, 5.41) is 0. The van der Waals surface area contributed by atoms with E-state index in [4.69, 9.17) is 12.2 Å². The Balaban J connectivity index is 2.31. The Bertz CT molecular complexity index is 750. The van der Waals surface area contributed by atoms with Gasteiger partial charge >= 0.3 is 0 Å². The van der Waals surface area contributed by atoms with Crippen molar-refractivity contribution in [2.75, 3.05) is 0 Å². The lowest BCUT2D eigenvalue weighted by Gasteiger charge is -2.29. The molecule has 0 heterocycles. The van der Waals surface area contributed by atoms with Crippen LogP contribution in [-0.2, 0) is 0 Å². The highest BCUT2D eigenvalue weighted by molar-refractivity contribution is 7.81. The van der Waals surface area contributed by atoms with E-state index in [0.29, 0.717) is 33.6 Å². The summed E-state index contributed by atoms with van der Waals surface area (Å²) in [5.41, 5.74) is 4.25. The molecule has 0 fully saturated rings. The maximum absolute atomic E-state index is 12.9. The van der Waals surface area contributed by atoms with Gasteiger partial charge in [0, 0.05) is 33.6 Å². The minimum atomic E-state index is -0.0914. The van der Waals surface area contributed by atoms with Crippen molar-refractivity contribution < 1.29 is 9.59 Å². The molecule has 21 heavy (non-hydrogen) atoms. The number of ketones is 2. The van der Waals surface area contributed by atoms with Crippen LogP contribution < -0.4 is 0 Å². The zero-order valence-corrected chi connectivity index (χ0v) is 13.0. The highest BCUT2D eigenvalue weighted by atomic mass is 32.1. The molecule has 1 aromatic rings. The van der Waals surface area contributed by atoms with Crippen molar-refractivity contribution in [2.24, 2.45) is 0 Å². The van der Waals surface area contributed by atoms with Gasteiger partial charge in [0.25, 0.3) is 0 Å². The number of benzene rings is 1. The molecule has 3 rings (SSSR count). The number of rotatable bonds is 2. The van der Waals surface area contributed by atoms with E-state index in [1.54, 1.807) is 24.3 Å². The van der Waals surface area contributed by atoms with Gasteiger partial charge in [-0.25, -0.2) is 0 Å². The van der Waals surface area contributed by atoms with E-state index in [1.165, 1.54) is 5.57 Å². The number of allylic oxidation sites excluding steroid dienone is 4. The second-order valence-electron chi connectivity index (χ2n) is 5.34. The van der Waals surface area contributed by atoms with Gasteiger partial charge in [-0.15, -0.1) is 0 Å². The van der Waals surface area contributed by atoms with Gasteiger partial charge in [0.15, 0.2) is 11.6 Å². The Labute approximate surface area is 129 Å². The molecule has 2 aliphatic rings. The first-order chi connectivity index (χ1) is 10.1. The number of carbonyl (C=O) groups is 2. The van der Waals surface area contributed by atoms with Gasteiger partial charge < -0.3 is 0 Å².